The summed E-state index contributed by atoms with van der Waals surface area (Å²) in [5, 5.41) is 3.01. The van der Waals surface area contributed by atoms with E-state index in [4.69, 9.17) is 9.47 Å². The van der Waals surface area contributed by atoms with E-state index in [1.54, 1.807) is 12.0 Å². The maximum absolute atomic E-state index is 13.2. The van der Waals surface area contributed by atoms with Crippen LogP contribution in [0.2, 0.25) is 0 Å². The van der Waals surface area contributed by atoms with Gasteiger partial charge in [0.1, 0.15) is 17.5 Å². The number of carbonyl (C=O) groups excluding carboxylic acids is 2. The molecule has 0 radical (unpaired) electrons. The molecule has 0 aliphatic carbocycles. The minimum atomic E-state index is -0.590. The van der Waals surface area contributed by atoms with Crippen molar-refractivity contribution in [2.45, 2.75) is 59.2 Å². The summed E-state index contributed by atoms with van der Waals surface area (Å²) in [5.41, 5.74) is 1.84. The first kappa shape index (κ1) is 24.3. The number of nitrogens with one attached hydrogen (secondary N) is 1. The van der Waals surface area contributed by atoms with Crippen molar-refractivity contribution in [3.8, 4) is 11.5 Å². The van der Waals surface area contributed by atoms with Crippen LogP contribution >= 0.6 is 0 Å². The molecule has 2 atom stereocenters. The normalized spacial score (nSPS) is 12.5. The lowest BCUT2D eigenvalue weighted by atomic mass is 10.1. The molecule has 0 bridgehead atoms. The second kappa shape index (κ2) is 12.0. The number of para-hydroxylation sites is 1. The zero-order valence-corrected chi connectivity index (χ0v) is 19.2. The first-order valence-electron chi connectivity index (χ1n) is 10.8. The van der Waals surface area contributed by atoms with Gasteiger partial charge in [0.15, 0.2) is 6.61 Å². The molecular formula is C25H34N2O4. The monoisotopic (exact) mass is 426 g/mol. The summed E-state index contributed by atoms with van der Waals surface area (Å²) < 4.78 is 11.1. The highest BCUT2D eigenvalue weighted by atomic mass is 16.5. The van der Waals surface area contributed by atoms with Gasteiger partial charge in [-0.15, -0.1) is 0 Å². The Balaban J connectivity index is 2.25. The molecule has 1 N–H and O–H groups in total. The molecule has 0 unspecified atom stereocenters. The van der Waals surface area contributed by atoms with E-state index in [-0.39, 0.29) is 24.5 Å². The van der Waals surface area contributed by atoms with Gasteiger partial charge < -0.3 is 19.7 Å². The standard InChI is InChI=1S/C25H34N2O4/c1-6-19(4)26-25(29)22(7-2)27(16-20-12-10-13-21(15-20)30-5)24(28)17-31-23-14-9-8-11-18(23)3/h8-15,19,22H,6-7,16-17H2,1-5H3,(H,26,29)/t19-,22-/m1/s1. The molecule has 2 aromatic rings. The van der Waals surface area contributed by atoms with E-state index in [1.165, 1.54) is 0 Å². The molecule has 2 aromatic carbocycles. The van der Waals surface area contributed by atoms with Crippen molar-refractivity contribution in [1.82, 2.24) is 10.2 Å². The van der Waals surface area contributed by atoms with Crippen molar-refractivity contribution in [1.29, 1.82) is 0 Å². The molecule has 2 amide bonds. The molecule has 0 aliphatic heterocycles. The minimum Gasteiger partial charge on any atom is -0.497 e. The predicted molar refractivity (Wildman–Crippen MR) is 122 cm³/mol. The lowest BCUT2D eigenvalue weighted by Gasteiger charge is -2.31. The van der Waals surface area contributed by atoms with Gasteiger partial charge in [-0.2, -0.15) is 0 Å². The summed E-state index contributed by atoms with van der Waals surface area (Å²) in [6, 6.07) is 14.5. The first-order valence-corrected chi connectivity index (χ1v) is 10.8. The maximum atomic E-state index is 13.2. The van der Waals surface area contributed by atoms with E-state index < -0.39 is 6.04 Å². The SMILES string of the molecule is CC[C@@H](C)NC(=O)[C@@H](CC)N(Cc1cccc(OC)c1)C(=O)COc1ccccc1C. The Morgan fingerprint density at radius 1 is 1.06 bits per heavy atom. The van der Waals surface area contributed by atoms with Crippen molar-refractivity contribution >= 4 is 11.8 Å². The van der Waals surface area contributed by atoms with Gasteiger partial charge in [-0.1, -0.05) is 44.2 Å². The molecule has 0 spiro atoms. The third-order valence-corrected chi connectivity index (χ3v) is 5.32. The van der Waals surface area contributed by atoms with Crippen LogP contribution in [0.4, 0.5) is 0 Å². The lowest BCUT2D eigenvalue weighted by Crippen LogP contribution is -2.51. The van der Waals surface area contributed by atoms with Crippen molar-refractivity contribution in [3.05, 3.63) is 59.7 Å². The first-order chi connectivity index (χ1) is 14.9. The molecule has 0 saturated carbocycles. The number of benzene rings is 2. The Bertz CT molecular complexity index is 868. The number of carbonyl (C=O) groups is 2. The Hall–Kier alpha value is -3.02. The third kappa shape index (κ3) is 7.02. The Morgan fingerprint density at radius 3 is 2.45 bits per heavy atom. The number of ether oxygens (including phenoxy) is 2. The molecule has 6 nitrogen and oxygen atoms in total. The van der Waals surface area contributed by atoms with Crippen LogP contribution in [0.25, 0.3) is 0 Å². The van der Waals surface area contributed by atoms with E-state index in [0.29, 0.717) is 24.5 Å². The van der Waals surface area contributed by atoms with Gasteiger partial charge in [-0.05, 0) is 56.0 Å². The molecule has 0 heterocycles. The highest BCUT2D eigenvalue weighted by Crippen LogP contribution is 2.19. The summed E-state index contributed by atoms with van der Waals surface area (Å²) in [5.74, 6) is 0.980. The average Bonchev–Trinajstić information content (AvgIpc) is 2.78. The fourth-order valence-corrected chi connectivity index (χ4v) is 3.27. The quantitative estimate of drug-likeness (QED) is 0.587. The molecule has 0 aromatic heterocycles. The van der Waals surface area contributed by atoms with E-state index in [0.717, 1.165) is 17.5 Å². The molecule has 168 valence electrons. The van der Waals surface area contributed by atoms with Crippen molar-refractivity contribution in [2.24, 2.45) is 0 Å². The smallest absolute Gasteiger partial charge is 0.261 e. The van der Waals surface area contributed by atoms with Gasteiger partial charge in [0.25, 0.3) is 5.91 Å². The van der Waals surface area contributed by atoms with Crippen LogP contribution < -0.4 is 14.8 Å². The number of amides is 2. The highest BCUT2D eigenvalue weighted by molar-refractivity contribution is 5.88. The fourth-order valence-electron chi connectivity index (χ4n) is 3.27. The summed E-state index contributed by atoms with van der Waals surface area (Å²) in [4.78, 5) is 27.8. The predicted octanol–water partition coefficient (Wildman–Crippen LogP) is 4.10. The molecule has 0 saturated heterocycles. The van der Waals surface area contributed by atoms with Crippen molar-refractivity contribution < 1.29 is 19.1 Å². The second-order valence-electron chi connectivity index (χ2n) is 7.67. The van der Waals surface area contributed by atoms with Crippen LogP contribution in [0.3, 0.4) is 0 Å². The molecule has 31 heavy (non-hydrogen) atoms. The molecular weight excluding hydrogens is 392 g/mol. The van der Waals surface area contributed by atoms with Crippen LogP contribution in [0.5, 0.6) is 11.5 Å². The average molecular weight is 427 g/mol. The second-order valence-corrected chi connectivity index (χ2v) is 7.67. The van der Waals surface area contributed by atoms with Crippen LogP contribution in [0.1, 0.15) is 44.7 Å². The van der Waals surface area contributed by atoms with Crippen LogP contribution in [-0.2, 0) is 16.1 Å². The van der Waals surface area contributed by atoms with E-state index in [2.05, 4.69) is 5.32 Å². The number of aryl methyl sites for hydroxylation is 1. The summed E-state index contributed by atoms with van der Waals surface area (Å²) in [6.07, 6.45) is 1.32. The Labute approximate surface area is 185 Å². The highest BCUT2D eigenvalue weighted by Gasteiger charge is 2.29. The summed E-state index contributed by atoms with van der Waals surface area (Å²) >= 11 is 0. The third-order valence-electron chi connectivity index (χ3n) is 5.32. The topological polar surface area (TPSA) is 67.9 Å². The summed E-state index contributed by atoms with van der Waals surface area (Å²) in [6.45, 7) is 7.97. The molecule has 0 fully saturated rings. The largest absolute Gasteiger partial charge is 0.497 e. The minimum absolute atomic E-state index is 0.0403. The number of methoxy groups -OCH3 is 1. The number of hydrogen-bond donors (Lipinski definition) is 1. The van der Waals surface area contributed by atoms with E-state index in [1.807, 2.05) is 76.2 Å². The van der Waals surface area contributed by atoms with E-state index in [9.17, 15) is 9.59 Å². The number of hydrogen-bond acceptors (Lipinski definition) is 4. The van der Waals surface area contributed by atoms with Gasteiger partial charge >= 0.3 is 0 Å². The van der Waals surface area contributed by atoms with Gasteiger partial charge in [0.2, 0.25) is 5.91 Å². The van der Waals surface area contributed by atoms with Crippen molar-refractivity contribution in [2.75, 3.05) is 13.7 Å². The zero-order chi connectivity index (χ0) is 22.8. The molecule has 0 aliphatic rings. The van der Waals surface area contributed by atoms with Crippen LogP contribution in [0, 0.1) is 6.92 Å². The van der Waals surface area contributed by atoms with E-state index >= 15 is 0 Å². The lowest BCUT2D eigenvalue weighted by molar-refractivity contribution is -0.143. The molecule has 6 heteroatoms. The van der Waals surface area contributed by atoms with Gasteiger partial charge in [0.05, 0.1) is 7.11 Å². The zero-order valence-electron chi connectivity index (χ0n) is 19.2. The van der Waals surface area contributed by atoms with Crippen LogP contribution in [-0.4, -0.2) is 42.5 Å². The molecule has 2 rings (SSSR count). The number of nitrogens with zero attached hydrogens (tertiary/aromatic N) is 1. The van der Waals surface area contributed by atoms with Gasteiger partial charge in [-0.3, -0.25) is 9.59 Å². The van der Waals surface area contributed by atoms with Crippen LogP contribution in [0.15, 0.2) is 48.5 Å². The Morgan fingerprint density at radius 2 is 1.81 bits per heavy atom. The van der Waals surface area contributed by atoms with Gasteiger partial charge in [-0.25, -0.2) is 0 Å². The Kier molecular flexibility index (Phi) is 9.38. The number of rotatable bonds is 11. The maximum Gasteiger partial charge on any atom is 0.261 e. The van der Waals surface area contributed by atoms with Gasteiger partial charge in [0, 0.05) is 12.6 Å². The fraction of sp³-hybridized carbons (Fsp3) is 0.440. The summed E-state index contributed by atoms with van der Waals surface area (Å²) in [7, 11) is 1.60. The van der Waals surface area contributed by atoms with Crippen molar-refractivity contribution in [3.63, 3.8) is 0 Å².